The lowest BCUT2D eigenvalue weighted by Crippen LogP contribution is -2.46. The quantitative estimate of drug-likeness (QED) is 0.470. The highest BCUT2D eigenvalue weighted by molar-refractivity contribution is 5.89. The monoisotopic (exact) mass is 364 g/mol. The Morgan fingerprint density at radius 3 is 2.27 bits per heavy atom. The maximum atomic E-state index is 12.4. The lowest BCUT2D eigenvalue weighted by Gasteiger charge is -2.27. The van der Waals surface area contributed by atoms with Gasteiger partial charge in [0, 0.05) is 12.1 Å². The zero-order valence-electron chi connectivity index (χ0n) is 15.4. The Morgan fingerprint density at radius 1 is 1.23 bits per heavy atom. The zero-order chi connectivity index (χ0) is 19.5. The third kappa shape index (κ3) is 5.72. The van der Waals surface area contributed by atoms with Crippen molar-refractivity contribution in [3.8, 4) is 0 Å². The van der Waals surface area contributed by atoms with Crippen molar-refractivity contribution >= 4 is 17.7 Å². The van der Waals surface area contributed by atoms with Crippen molar-refractivity contribution in [3.63, 3.8) is 0 Å². The summed E-state index contributed by atoms with van der Waals surface area (Å²) in [6, 6.07) is 4.81. The van der Waals surface area contributed by atoms with Crippen LogP contribution in [0, 0.1) is 16.0 Å². The summed E-state index contributed by atoms with van der Waals surface area (Å²) in [7, 11) is 0. The molecule has 1 fully saturated rings. The molecule has 1 aliphatic carbocycles. The average molecular weight is 364 g/mol. The molecule has 0 saturated heterocycles. The van der Waals surface area contributed by atoms with E-state index in [9.17, 15) is 19.7 Å². The van der Waals surface area contributed by atoms with Crippen molar-refractivity contribution in [1.29, 1.82) is 0 Å². The van der Waals surface area contributed by atoms with Crippen LogP contribution in [0.15, 0.2) is 24.3 Å². The molecule has 0 spiro atoms. The van der Waals surface area contributed by atoms with Gasteiger partial charge in [0.15, 0.2) is 0 Å². The van der Waals surface area contributed by atoms with Gasteiger partial charge in [-0.3, -0.25) is 10.1 Å². The molecule has 2 unspecified atom stereocenters. The lowest BCUT2D eigenvalue weighted by atomic mass is 10.1. The van der Waals surface area contributed by atoms with Crippen LogP contribution in [0.5, 0.6) is 0 Å². The van der Waals surface area contributed by atoms with E-state index in [0.29, 0.717) is 0 Å². The van der Waals surface area contributed by atoms with Crippen molar-refractivity contribution in [3.05, 3.63) is 39.9 Å². The van der Waals surface area contributed by atoms with Crippen molar-refractivity contribution in [2.45, 2.75) is 58.3 Å². The minimum Gasteiger partial charge on any atom is -0.456 e. The van der Waals surface area contributed by atoms with E-state index in [4.69, 9.17) is 9.47 Å². The highest BCUT2D eigenvalue weighted by Crippen LogP contribution is 2.36. The highest BCUT2D eigenvalue weighted by atomic mass is 16.6. The van der Waals surface area contributed by atoms with E-state index in [1.807, 2.05) is 0 Å². The number of non-ortho nitro benzene ring substituents is 1. The standard InChI is InChI=1S/C18H24N2O6/c1-11(19-17(22)26-18(2,3)4)15(12-5-6-12)25-16(21)13-7-9-14(10-8-13)20(23)24/h7-12,15H,5-6H2,1-4H3,(H,19,22). The summed E-state index contributed by atoms with van der Waals surface area (Å²) in [4.78, 5) is 34.4. The predicted octanol–water partition coefficient (Wildman–Crippen LogP) is 3.44. The number of carbonyl (C=O) groups is 2. The number of alkyl carbamates (subject to hydrolysis) is 1. The zero-order valence-corrected chi connectivity index (χ0v) is 15.4. The fourth-order valence-corrected chi connectivity index (χ4v) is 2.52. The first-order chi connectivity index (χ1) is 12.1. The molecule has 1 amide bonds. The smallest absolute Gasteiger partial charge is 0.407 e. The van der Waals surface area contributed by atoms with Crippen LogP contribution in [0.4, 0.5) is 10.5 Å². The van der Waals surface area contributed by atoms with Crippen LogP contribution < -0.4 is 5.32 Å². The summed E-state index contributed by atoms with van der Waals surface area (Å²) in [5, 5.41) is 13.4. The summed E-state index contributed by atoms with van der Waals surface area (Å²) >= 11 is 0. The van der Waals surface area contributed by atoms with Crippen LogP contribution in [0.25, 0.3) is 0 Å². The number of nitro groups is 1. The number of esters is 1. The number of benzene rings is 1. The SMILES string of the molecule is CC(NC(=O)OC(C)(C)C)C(OC(=O)c1ccc([N+](=O)[O-])cc1)C1CC1. The molecule has 26 heavy (non-hydrogen) atoms. The molecular formula is C18H24N2O6. The van der Waals surface area contributed by atoms with Crippen LogP contribution in [0.3, 0.4) is 0 Å². The Labute approximate surface area is 152 Å². The summed E-state index contributed by atoms with van der Waals surface area (Å²) in [5.74, 6) is -0.392. The van der Waals surface area contributed by atoms with E-state index in [-0.39, 0.29) is 17.2 Å². The number of carbonyl (C=O) groups excluding carboxylic acids is 2. The van der Waals surface area contributed by atoms with Gasteiger partial charge in [0.05, 0.1) is 16.5 Å². The van der Waals surface area contributed by atoms with Gasteiger partial charge in [-0.05, 0) is 58.6 Å². The van der Waals surface area contributed by atoms with E-state index >= 15 is 0 Å². The summed E-state index contributed by atoms with van der Waals surface area (Å²) in [6.45, 7) is 7.06. The first-order valence-corrected chi connectivity index (χ1v) is 8.52. The third-order valence-electron chi connectivity index (χ3n) is 3.88. The van der Waals surface area contributed by atoms with Crippen molar-refractivity contribution in [1.82, 2.24) is 5.32 Å². The van der Waals surface area contributed by atoms with Crippen LogP contribution in [0.1, 0.15) is 50.9 Å². The first kappa shape index (κ1) is 19.7. The van der Waals surface area contributed by atoms with Gasteiger partial charge in [0.2, 0.25) is 0 Å². The minimum absolute atomic E-state index is 0.0970. The van der Waals surface area contributed by atoms with Crippen molar-refractivity contribution in [2.75, 3.05) is 0 Å². The molecule has 8 heteroatoms. The molecule has 2 atom stereocenters. The number of hydrogen-bond donors (Lipinski definition) is 1. The van der Waals surface area contributed by atoms with Gasteiger partial charge in [0.1, 0.15) is 11.7 Å². The molecule has 142 valence electrons. The fraction of sp³-hybridized carbons (Fsp3) is 0.556. The lowest BCUT2D eigenvalue weighted by molar-refractivity contribution is -0.384. The molecule has 0 radical (unpaired) electrons. The number of hydrogen-bond acceptors (Lipinski definition) is 6. The Morgan fingerprint density at radius 2 is 1.81 bits per heavy atom. The predicted molar refractivity (Wildman–Crippen MR) is 93.9 cm³/mol. The number of ether oxygens (including phenoxy) is 2. The van der Waals surface area contributed by atoms with E-state index in [0.717, 1.165) is 12.8 Å². The van der Waals surface area contributed by atoms with Gasteiger partial charge in [0.25, 0.3) is 5.69 Å². The molecule has 0 heterocycles. The van der Waals surface area contributed by atoms with Gasteiger partial charge in [-0.25, -0.2) is 9.59 Å². The molecule has 1 saturated carbocycles. The number of rotatable bonds is 6. The second kappa shape index (κ2) is 7.72. The van der Waals surface area contributed by atoms with Crippen molar-refractivity contribution in [2.24, 2.45) is 5.92 Å². The Kier molecular flexibility index (Phi) is 5.84. The Balaban J connectivity index is 2.00. The van der Waals surface area contributed by atoms with Gasteiger partial charge in [-0.1, -0.05) is 0 Å². The molecule has 0 aromatic heterocycles. The molecule has 2 rings (SSSR count). The Bertz CT molecular complexity index is 676. The summed E-state index contributed by atoms with van der Waals surface area (Å²) < 4.78 is 10.8. The van der Waals surface area contributed by atoms with Gasteiger partial charge < -0.3 is 14.8 Å². The van der Waals surface area contributed by atoms with Crippen LogP contribution in [-0.4, -0.2) is 34.7 Å². The van der Waals surface area contributed by atoms with E-state index < -0.39 is 34.7 Å². The Hall–Kier alpha value is -2.64. The van der Waals surface area contributed by atoms with Crippen LogP contribution >= 0.6 is 0 Å². The number of amides is 1. The minimum atomic E-state index is -0.617. The largest absolute Gasteiger partial charge is 0.456 e. The molecule has 0 aliphatic heterocycles. The maximum Gasteiger partial charge on any atom is 0.407 e. The second-order valence-corrected chi connectivity index (χ2v) is 7.45. The maximum absolute atomic E-state index is 12.4. The fourth-order valence-electron chi connectivity index (χ4n) is 2.52. The first-order valence-electron chi connectivity index (χ1n) is 8.52. The molecule has 1 aromatic rings. The number of nitro benzene ring substituents is 1. The molecule has 0 bridgehead atoms. The molecule has 1 aliphatic rings. The van der Waals surface area contributed by atoms with Crippen LogP contribution in [-0.2, 0) is 9.47 Å². The number of nitrogens with zero attached hydrogens (tertiary/aromatic N) is 1. The van der Waals surface area contributed by atoms with Crippen LogP contribution in [0.2, 0.25) is 0 Å². The normalized spacial score (nSPS) is 16.3. The molecule has 8 nitrogen and oxygen atoms in total. The van der Waals surface area contributed by atoms with Crippen molar-refractivity contribution < 1.29 is 24.0 Å². The van der Waals surface area contributed by atoms with E-state index in [1.165, 1.54) is 24.3 Å². The van der Waals surface area contributed by atoms with Gasteiger partial charge in [-0.2, -0.15) is 0 Å². The topological polar surface area (TPSA) is 108 Å². The molecular weight excluding hydrogens is 340 g/mol. The molecule has 1 N–H and O–H groups in total. The summed E-state index contributed by atoms with van der Waals surface area (Å²) in [6.07, 6.45) is 0.782. The molecule has 1 aromatic carbocycles. The average Bonchev–Trinajstić information content (AvgIpc) is 3.35. The van der Waals surface area contributed by atoms with Gasteiger partial charge >= 0.3 is 12.1 Å². The van der Waals surface area contributed by atoms with E-state index in [2.05, 4.69) is 5.32 Å². The highest BCUT2D eigenvalue weighted by Gasteiger charge is 2.39. The van der Waals surface area contributed by atoms with E-state index in [1.54, 1.807) is 27.7 Å². The third-order valence-corrected chi connectivity index (χ3v) is 3.88. The summed E-state index contributed by atoms with van der Waals surface area (Å²) in [5.41, 5.74) is -0.486. The second-order valence-electron chi connectivity index (χ2n) is 7.45. The van der Waals surface area contributed by atoms with Gasteiger partial charge in [-0.15, -0.1) is 0 Å². The number of nitrogens with one attached hydrogen (secondary N) is 1.